The first-order valence-electron chi connectivity index (χ1n) is 5.97. The summed E-state index contributed by atoms with van der Waals surface area (Å²) in [6, 6.07) is 7.12. The molecular weight excluding hydrogens is 278 g/mol. The quantitative estimate of drug-likeness (QED) is 0.850. The van der Waals surface area contributed by atoms with Crippen molar-refractivity contribution in [1.29, 1.82) is 0 Å². The number of hydrogen-bond donors (Lipinski definition) is 1. The van der Waals surface area contributed by atoms with Crippen LogP contribution in [0, 0.1) is 0 Å². The van der Waals surface area contributed by atoms with Crippen LogP contribution in [-0.2, 0) is 16.0 Å². The summed E-state index contributed by atoms with van der Waals surface area (Å²) in [5.74, 6) is -0.890. The van der Waals surface area contributed by atoms with Gasteiger partial charge in [0.15, 0.2) is 5.60 Å². The van der Waals surface area contributed by atoms with Gasteiger partial charge in [-0.2, -0.15) is 0 Å². The zero-order valence-electron chi connectivity index (χ0n) is 10.6. The Morgan fingerprint density at radius 2 is 2.25 bits per heavy atom. The Balaban J connectivity index is 1.87. The molecule has 20 heavy (non-hydrogen) atoms. The third-order valence-electron chi connectivity index (χ3n) is 3.14. The predicted molar refractivity (Wildman–Crippen MR) is 72.5 cm³/mol. The number of esters is 1. The van der Waals surface area contributed by atoms with Crippen LogP contribution in [0.15, 0.2) is 29.8 Å². The molecule has 1 N–H and O–H groups in total. The molecule has 6 nitrogen and oxygen atoms in total. The number of cyclic esters (lactones) is 1. The van der Waals surface area contributed by atoms with Crippen molar-refractivity contribution < 1.29 is 14.3 Å². The molecule has 1 aromatic heterocycles. The Kier molecular flexibility index (Phi) is 2.98. The Morgan fingerprint density at radius 3 is 3.00 bits per heavy atom. The first-order chi connectivity index (χ1) is 9.58. The third-order valence-corrected chi connectivity index (χ3v) is 3.75. The first kappa shape index (κ1) is 12.7. The van der Waals surface area contributed by atoms with Crippen molar-refractivity contribution in [2.24, 2.45) is 0 Å². The Labute approximate surface area is 118 Å². The van der Waals surface area contributed by atoms with Crippen LogP contribution >= 0.6 is 11.3 Å². The van der Waals surface area contributed by atoms with Crippen LogP contribution in [0.2, 0.25) is 0 Å². The van der Waals surface area contributed by atoms with Gasteiger partial charge >= 0.3 is 5.97 Å². The van der Waals surface area contributed by atoms with Gasteiger partial charge in [-0.3, -0.25) is 10.1 Å². The molecule has 0 fully saturated rings. The molecule has 0 saturated carbocycles. The van der Waals surface area contributed by atoms with Gasteiger partial charge in [-0.15, -0.1) is 10.2 Å². The molecule has 2 heterocycles. The first-order valence-corrected chi connectivity index (χ1v) is 6.85. The van der Waals surface area contributed by atoms with Crippen molar-refractivity contribution in [2.75, 3.05) is 5.32 Å². The minimum Gasteiger partial charge on any atom is -0.445 e. The number of nitrogens with one attached hydrogen (secondary N) is 1. The Bertz CT molecular complexity index is 671. The molecule has 1 aliphatic heterocycles. The molecule has 0 saturated heterocycles. The molecule has 1 atom stereocenters. The number of fused-ring (bicyclic) bond motifs is 1. The van der Waals surface area contributed by atoms with E-state index in [1.807, 2.05) is 12.1 Å². The van der Waals surface area contributed by atoms with Gasteiger partial charge in [-0.05, 0) is 18.6 Å². The number of carbonyl (C=O) groups is 2. The highest BCUT2D eigenvalue weighted by molar-refractivity contribution is 7.13. The molecule has 1 amide bonds. The number of nitrogens with zero attached hydrogens (tertiary/aromatic N) is 2. The molecular formula is C13H11N3O3S. The fraction of sp³-hybridized carbons (Fsp3) is 0.231. The smallest absolute Gasteiger partial charge is 0.339 e. The normalized spacial score (nSPS) is 20.9. The molecule has 0 aliphatic carbocycles. The van der Waals surface area contributed by atoms with Gasteiger partial charge in [0.25, 0.3) is 5.91 Å². The number of anilines is 1. The number of ether oxygens (including phenoxy) is 1. The highest BCUT2D eigenvalue weighted by Crippen LogP contribution is 2.29. The number of aromatic nitrogens is 2. The minimum absolute atomic E-state index is 0.333. The summed E-state index contributed by atoms with van der Waals surface area (Å²) in [6.45, 7) is 1.59. The number of rotatable bonds is 2. The van der Waals surface area contributed by atoms with E-state index in [4.69, 9.17) is 4.74 Å². The maximum atomic E-state index is 12.3. The van der Waals surface area contributed by atoms with Crippen LogP contribution in [-0.4, -0.2) is 27.7 Å². The number of amides is 1. The number of carbonyl (C=O) groups excluding carboxylic acids is 2. The van der Waals surface area contributed by atoms with E-state index in [1.54, 1.807) is 19.1 Å². The number of hydrogen-bond acceptors (Lipinski definition) is 6. The van der Waals surface area contributed by atoms with E-state index >= 15 is 0 Å². The second-order valence-corrected chi connectivity index (χ2v) is 5.49. The van der Waals surface area contributed by atoms with E-state index in [-0.39, 0.29) is 0 Å². The molecule has 102 valence electrons. The maximum absolute atomic E-state index is 12.3. The molecule has 2 aromatic rings. The molecule has 0 bridgehead atoms. The van der Waals surface area contributed by atoms with Crippen molar-refractivity contribution in [3.05, 3.63) is 40.9 Å². The van der Waals surface area contributed by atoms with E-state index in [9.17, 15) is 9.59 Å². The van der Waals surface area contributed by atoms with Gasteiger partial charge in [0.05, 0.1) is 5.56 Å². The minimum atomic E-state index is -1.24. The lowest BCUT2D eigenvalue weighted by Crippen LogP contribution is -2.48. The van der Waals surface area contributed by atoms with E-state index in [0.717, 1.165) is 5.56 Å². The highest BCUT2D eigenvalue weighted by atomic mass is 32.1. The summed E-state index contributed by atoms with van der Waals surface area (Å²) in [4.78, 5) is 24.3. The van der Waals surface area contributed by atoms with Crippen LogP contribution in [0.25, 0.3) is 0 Å². The van der Waals surface area contributed by atoms with Gasteiger partial charge < -0.3 is 4.74 Å². The monoisotopic (exact) mass is 289 g/mol. The van der Waals surface area contributed by atoms with Crippen LogP contribution in [0.5, 0.6) is 0 Å². The van der Waals surface area contributed by atoms with Gasteiger partial charge in [0, 0.05) is 6.42 Å². The predicted octanol–water partition coefficient (Wildman–Crippen LogP) is 1.65. The second kappa shape index (κ2) is 4.68. The number of benzene rings is 1. The summed E-state index contributed by atoms with van der Waals surface area (Å²) in [6.07, 6.45) is 0.333. The molecule has 7 heteroatoms. The third kappa shape index (κ3) is 2.16. The van der Waals surface area contributed by atoms with Crippen molar-refractivity contribution in [3.63, 3.8) is 0 Å². The molecule has 0 spiro atoms. The van der Waals surface area contributed by atoms with Crippen molar-refractivity contribution >= 4 is 28.3 Å². The van der Waals surface area contributed by atoms with Crippen molar-refractivity contribution in [2.45, 2.75) is 18.9 Å². The fourth-order valence-corrected chi connectivity index (χ4v) is 2.56. The zero-order valence-corrected chi connectivity index (χ0v) is 11.4. The summed E-state index contributed by atoms with van der Waals surface area (Å²) in [5.41, 5.74) is 1.59. The lowest BCUT2D eigenvalue weighted by Gasteiger charge is -2.32. The molecule has 1 aromatic carbocycles. The van der Waals surface area contributed by atoms with Gasteiger partial charge in [0.2, 0.25) is 5.13 Å². The summed E-state index contributed by atoms with van der Waals surface area (Å²) >= 11 is 1.21. The summed E-state index contributed by atoms with van der Waals surface area (Å²) in [5, 5.41) is 10.4. The van der Waals surface area contributed by atoms with E-state index in [0.29, 0.717) is 17.1 Å². The highest BCUT2D eigenvalue weighted by Gasteiger charge is 2.42. The van der Waals surface area contributed by atoms with Crippen molar-refractivity contribution in [1.82, 2.24) is 10.2 Å². The average Bonchev–Trinajstić information content (AvgIpc) is 2.91. The van der Waals surface area contributed by atoms with E-state index in [1.165, 1.54) is 16.8 Å². The molecule has 1 aliphatic rings. The largest absolute Gasteiger partial charge is 0.445 e. The van der Waals surface area contributed by atoms with Gasteiger partial charge in [-0.25, -0.2) is 4.79 Å². The SMILES string of the molecule is CC1(C(=O)Nc2nncs2)Cc2ccccc2C(=O)O1. The average molecular weight is 289 g/mol. The second-order valence-electron chi connectivity index (χ2n) is 4.65. The Morgan fingerprint density at radius 1 is 1.45 bits per heavy atom. The van der Waals surface area contributed by atoms with Gasteiger partial charge in [0.1, 0.15) is 5.51 Å². The maximum Gasteiger partial charge on any atom is 0.339 e. The van der Waals surface area contributed by atoms with E-state index in [2.05, 4.69) is 15.5 Å². The summed E-state index contributed by atoms with van der Waals surface area (Å²) in [7, 11) is 0. The van der Waals surface area contributed by atoms with Gasteiger partial charge in [-0.1, -0.05) is 29.5 Å². The topological polar surface area (TPSA) is 81.2 Å². The molecule has 3 rings (SSSR count). The molecule has 0 radical (unpaired) electrons. The van der Waals surface area contributed by atoms with E-state index < -0.39 is 17.5 Å². The summed E-state index contributed by atoms with van der Waals surface area (Å²) < 4.78 is 5.32. The van der Waals surface area contributed by atoms with Crippen LogP contribution in [0.1, 0.15) is 22.8 Å². The lowest BCUT2D eigenvalue weighted by molar-refractivity contribution is -0.134. The van der Waals surface area contributed by atoms with Crippen LogP contribution < -0.4 is 5.32 Å². The van der Waals surface area contributed by atoms with Crippen molar-refractivity contribution in [3.8, 4) is 0 Å². The Hall–Kier alpha value is -2.28. The van der Waals surface area contributed by atoms with Crippen LogP contribution in [0.4, 0.5) is 5.13 Å². The molecule has 1 unspecified atom stereocenters. The standard InChI is InChI=1S/C13H11N3O3S/c1-13(11(18)15-12-16-14-7-20-12)6-8-4-2-3-5-9(8)10(17)19-13/h2-5,7H,6H2,1H3,(H,15,16,18). The lowest BCUT2D eigenvalue weighted by atomic mass is 9.89. The fourth-order valence-electron chi connectivity index (χ4n) is 2.12. The zero-order chi connectivity index (χ0) is 14.2. The van der Waals surface area contributed by atoms with Crippen LogP contribution in [0.3, 0.4) is 0 Å².